The van der Waals surface area contributed by atoms with E-state index in [0.29, 0.717) is 13.0 Å². The van der Waals surface area contributed by atoms with Crippen LogP contribution in [0.4, 0.5) is 0 Å². The van der Waals surface area contributed by atoms with Gasteiger partial charge in [-0.1, -0.05) is 24.0 Å². The third-order valence-corrected chi connectivity index (χ3v) is 4.21. The molecule has 1 saturated heterocycles. The van der Waals surface area contributed by atoms with E-state index in [4.69, 9.17) is 0 Å². The molecule has 0 aliphatic carbocycles. The maximum atomic E-state index is 12.1. The Morgan fingerprint density at radius 2 is 2.40 bits per heavy atom. The second-order valence-electron chi connectivity index (χ2n) is 6.09. The predicted molar refractivity (Wildman–Crippen MR) is 93.7 cm³/mol. The number of aryl methyl sites for hydroxylation is 1. The van der Waals surface area contributed by atoms with Gasteiger partial charge in [0.15, 0.2) is 0 Å². The molecule has 1 fully saturated rings. The summed E-state index contributed by atoms with van der Waals surface area (Å²) in [5.41, 5.74) is 1.56. The van der Waals surface area contributed by atoms with Gasteiger partial charge in [-0.05, 0) is 19.4 Å². The number of hydrogen-bond acceptors (Lipinski definition) is 5. The lowest BCUT2D eigenvalue weighted by Gasteiger charge is -2.14. The van der Waals surface area contributed by atoms with Crippen molar-refractivity contribution in [3.05, 3.63) is 30.0 Å². The van der Waals surface area contributed by atoms with Crippen LogP contribution in [0.5, 0.6) is 0 Å². The van der Waals surface area contributed by atoms with Crippen molar-refractivity contribution in [2.24, 2.45) is 0 Å². The molecule has 7 nitrogen and oxygen atoms in total. The molecule has 2 unspecified atom stereocenters. The molecular formula is C18H22N4O3. The van der Waals surface area contributed by atoms with E-state index in [0.717, 1.165) is 23.0 Å². The van der Waals surface area contributed by atoms with E-state index in [9.17, 15) is 15.0 Å². The van der Waals surface area contributed by atoms with Crippen molar-refractivity contribution in [3.8, 4) is 11.8 Å². The Morgan fingerprint density at radius 1 is 1.56 bits per heavy atom. The van der Waals surface area contributed by atoms with Crippen LogP contribution in [0, 0.1) is 11.8 Å². The number of amides is 1. The fraction of sp³-hybridized carbons (Fsp3) is 0.444. The maximum absolute atomic E-state index is 12.1. The summed E-state index contributed by atoms with van der Waals surface area (Å²) in [6.07, 6.45) is 1.81. The standard InChI is InChI=1S/C18H22N4O3/c1-2-22-10-13-5-3-4-12(17(13)21-22)6-7-14(11-23)20-18(25)16-8-15(24)9-19-16/h3-5,10,14-16,19,23-24H,2,8-9,11H2,1H3,(H,20,25)/t14-,15?,16?/m1/s1. The Labute approximate surface area is 146 Å². The lowest BCUT2D eigenvalue weighted by molar-refractivity contribution is -0.123. The zero-order valence-electron chi connectivity index (χ0n) is 14.1. The van der Waals surface area contributed by atoms with Crippen LogP contribution in [0.1, 0.15) is 18.9 Å². The topological polar surface area (TPSA) is 99.4 Å². The summed E-state index contributed by atoms with van der Waals surface area (Å²) in [5.74, 6) is 5.64. The highest BCUT2D eigenvalue weighted by Crippen LogP contribution is 2.16. The maximum Gasteiger partial charge on any atom is 0.238 e. The Bertz CT molecular complexity index is 821. The summed E-state index contributed by atoms with van der Waals surface area (Å²) < 4.78 is 1.85. The van der Waals surface area contributed by atoms with Crippen LogP contribution in [0.15, 0.2) is 24.4 Å². The molecule has 1 aromatic heterocycles. The Balaban J connectivity index is 1.74. The minimum atomic E-state index is -0.671. The summed E-state index contributed by atoms with van der Waals surface area (Å²) in [4.78, 5) is 12.1. The summed E-state index contributed by atoms with van der Waals surface area (Å²) >= 11 is 0. The highest BCUT2D eigenvalue weighted by molar-refractivity contribution is 5.84. The number of nitrogens with one attached hydrogen (secondary N) is 2. The number of aliphatic hydroxyl groups excluding tert-OH is 2. The molecule has 3 atom stereocenters. The van der Waals surface area contributed by atoms with Crippen LogP contribution in [-0.2, 0) is 11.3 Å². The molecule has 25 heavy (non-hydrogen) atoms. The molecule has 1 aliphatic rings. The molecule has 1 amide bonds. The first-order valence-electron chi connectivity index (χ1n) is 8.41. The minimum Gasteiger partial charge on any atom is -0.393 e. The first-order valence-corrected chi connectivity index (χ1v) is 8.41. The van der Waals surface area contributed by atoms with Gasteiger partial charge < -0.3 is 20.8 Å². The first-order chi connectivity index (χ1) is 12.1. The zero-order chi connectivity index (χ0) is 17.8. The van der Waals surface area contributed by atoms with Gasteiger partial charge in [0.25, 0.3) is 0 Å². The van der Waals surface area contributed by atoms with Gasteiger partial charge in [0.05, 0.1) is 24.3 Å². The van der Waals surface area contributed by atoms with Crippen molar-refractivity contribution in [2.75, 3.05) is 13.2 Å². The quantitative estimate of drug-likeness (QED) is 0.567. The van der Waals surface area contributed by atoms with Crippen molar-refractivity contribution < 1.29 is 15.0 Å². The first kappa shape index (κ1) is 17.4. The van der Waals surface area contributed by atoms with Gasteiger partial charge in [-0.2, -0.15) is 5.10 Å². The lowest BCUT2D eigenvalue weighted by atomic mass is 10.1. The second kappa shape index (κ2) is 7.66. The summed E-state index contributed by atoms with van der Waals surface area (Å²) in [5, 5.41) is 30.1. The van der Waals surface area contributed by atoms with Crippen LogP contribution < -0.4 is 10.6 Å². The van der Waals surface area contributed by atoms with E-state index in [1.54, 1.807) is 0 Å². The average Bonchev–Trinajstić information content (AvgIpc) is 3.24. The van der Waals surface area contributed by atoms with Gasteiger partial charge in [-0.15, -0.1) is 0 Å². The number of rotatable bonds is 4. The van der Waals surface area contributed by atoms with Crippen LogP contribution in [0.25, 0.3) is 10.9 Å². The number of β-amino-alcohol motifs (C(OH)–C–C–N with tert-alkyl or cyclic N) is 1. The number of fused-ring (bicyclic) bond motifs is 1. The summed E-state index contributed by atoms with van der Waals surface area (Å²) in [7, 11) is 0. The van der Waals surface area contributed by atoms with Gasteiger partial charge in [0.2, 0.25) is 5.91 Å². The van der Waals surface area contributed by atoms with Crippen LogP contribution in [0.2, 0.25) is 0 Å². The fourth-order valence-corrected chi connectivity index (χ4v) is 2.84. The number of aromatic nitrogens is 2. The third-order valence-electron chi connectivity index (χ3n) is 4.21. The molecule has 132 valence electrons. The summed E-state index contributed by atoms with van der Waals surface area (Å²) in [6.45, 7) is 2.91. The van der Waals surface area contributed by atoms with Gasteiger partial charge in [0.1, 0.15) is 11.6 Å². The molecule has 7 heteroatoms. The van der Waals surface area contributed by atoms with Gasteiger partial charge in [-0.25, -0.2) is 0 Å². The van der Waals surface area contributed by atoms with Crippen molar-refractivity contribution in [1.82, 2.24) is 20.4 Å². The van der Waals surface area contributed by atoms with Gasteiger partial charge >= 0.3 is 0 Å². The lowest BCUT2D eigenvalue weighted by Crippen LogP contribution is -2.46. The highest BCUT2D eigenvalue weighted by atomic mass is 16.3. The van der Waals surface area contributed by atoms with Crippen molar-refractivity contribution in [1.29, 1.82) is 0 Å². The zero-order valence-corrected chi connectivity index (χ0v) is 14.1. The molecule has 3 rings (SSSR count). The molecule has 0 spiro atoms. The molecule has 1 aromatic carbocycles. The normalized spacial score (nSPS) is 20.9. The molecule has 2 heterocycles. The number of hydrogen-bond donors (Lipinski definition) is 4. The monoisotopic (exact) mass is 342 g/mol. The van der Waals surface area contributed by atoms with E-state index in [2.05, 4.69) is 27.6 Å². The smallest absolute Gasteiger partial charge is 0.238 e. The predicted octanol–water partition coefficient (Wildman–Crippen LogP) is -0.392. The molecule has 4 N–H and O–H groups in total. The van der Waals surface area contributed by atoms with Crippen LogP contribution >= 0.6 is 0 Å². The fourth-order valence-electron chi connectivity index (χ4n) is 2.84. The molecule has 1 aliphatic heterocycles. The van der Waals surface area contributed by atoms with Gasteiger partial charge in [0, 0.05) is 24.7 Å². The van der Waals surface area contributed by atoms with E-state index in [-0.39, 0.29) is 12.5 Å². The minimum absolute atomic E-state index is 0.265. The number of benzene rings is 1. The van der Waals surface area contributed by atoms with Crippen LogP contribution in [0.3, 0.4) is 0 Å². The molecule has 0 radical (unpaired) electrons. The van der Waals surface area contributed by atoms with E-state index in [1.165, 1.54) is 0 Å². The van der Waals surface area contributed by atoms with Crippen LogP contribution in [-0.4, -0.2) is 57.2 Å². The Morgan fingerprint density at radius 3 is 3.08 bits per heavy atom. The number of carbonyl (C=O) groups is 1. The number of nitrogens with zero attached hydrogens (tertiary/aromatic N) is 2. The van der Waals surface area contributed by atoms with E-state index < -0.39 is 18.2 Å². The van der Waals surface area contributed by atoms with Crippen molar-refractivity contribution in [2.45, 2.75) is 38.1 Å². The Kier molecular flexibility index (Phi) is 5.34. The molecule has 0 saturated carbocycles. The highest BCUT2D eigenvalue weighted by Gasteiger charge is 2.28. The number of aliphatic hydroxyl groups is 2. The molecule has 2 aromatic rings. The van der Waals surface area contributed by atoms with E-state index >= 15 is 0 Å². The molecular weight excluding hydrogens is 320 g/mol. The SMILES string of the molecule is CCn1cc2cccc(C#C[C@H](CO)NC(=O)C3CC(O)CN3)c2n1. The van der Waals surface area contributed by atoms with Gasteiger partial charge in [-0.3, -0.25) is 9.48 Å². The van der Waals surface area contributed by atoms with E-state index in [1.807, 2.05) is 36.0 Å². The largest absolute Gasteiger partial charge is 0.393 e. The number of carbonyl (C=O) groups excluding carboxylic acids is 1. The van der Waals surface area contributed by atoms with Crippen molar-refractivity contribution >= 4 is 16.8 Å². The molecule has 0 bridgehead atoms. The summed E-state index contributed by atoms with van der Waals surface area (Å²) in [6, 6.07) is 4.63. The Hall–Kier alpha value is -2.40. The second-order valence-corrected chi connectivity index (χ2v) is 6.09. The average molecular weight is 342 g/mol. The van der Waals surface area contributed by atoms with Crippen molar-refractivity contribution in [3.63, 3.8) is 0 Å². The third kappa shape index (κ3) is 3.99.